The number of carboxylic acids is 1. The van der Waals surface area contributed by atoms with Crippen LogP contribution in [0.3, 0.4) is 0 Å². The van der Waals surface area contributed by atoms with Crippen LogP contribution >= 0.6 is 0 Å². The molecule has 0 saturated carbocycles. The highest BCUT2D eigenvalue weighted by molar-refractivity contribution is 5.96. The average Bonchev–Trinajstić information content (AvgIpc) is 3.06. The van der Waals surface area contributed by atoms with E-state index in [-0.39, 0.29) is 31.0 Å². The number of aromatic nitrogens is 2. The van der Waals surface area contributed by atoms with Gasteiger partial charge in [0.25, 0.3) is 11.5 Å². The first-order valence-corrected chi connectivity index (χ1v) is 7.42. The van der Waals surface area contributed by atoms with E-state index >= 15 is 0 Å². The summed E-state index contributed by atoms with van der Waals surface area (Å²) in [7, 11) is 0. The number of amides is 1. The molecule has 2 heterocycles. The number of nitrogens with one attached hydrogen (secondary N) is 1. The van der Waals surface area contributed by atoms with Crippen molar-refractivity contribution >= 4 is 11.9 Å². The summed E-state index contributed by atoms with van der Waals surface area (Å²) in [5, 5.41) is 15.6. The van der Waals surface area contributed by atoms with E-state index in [1.165, 1.54) is 18.2 Å². The van der Waals surface area contributed by atoms with Crippen LogP contribution in [0, 0.1) is 5.82 Å². The zero-order valence-corrected chi connectivity index (χ0v) is 12.9. The molecule has 1 amide bonds. The standard InChI is InChI=1S/C16H14FN3O5/c17-10-3-1-2-4-12(10)20-13(21)6-5-11(19-20)14(22)18-16(15(23)24)7-8-25-9-16/h1-6H,7-9H2,(H,18,22)(H,23,24). The highest BCUT2D eigenvalue weighted by Gasteiger charge is 2.44. The van der Waals surface area contributed by atoms with E-state index < -0.39 is 28.8 Å². The van der Waals surface area contributed by atoms with Gasteiger partial charge in [0, 0.05) is 19.1 Å². The maximum Gasteiger partial charge on any atom is 0.331 e. The molecule has 0 bridgehead atoms. The summed E-state index contributed by atoms with van der Waals surface area (Å²) in [5.74, 6) is -2.69. The molecule has 130 valence electrons. The lowest BCUT2D eigenvalue weighted by Crippen LogP contribution is -2.55. The van der Waals surface area contributed by atoms with Crippen LogP contribution < -0.4 is 10.9 Å². The molecule has 8 nitrogen and oxygen atoms in total. The molecule has 25 heavy (non-hydrogen) atoms. The van der Waals surface area contributed by atoms with Crippen molar-refractivity contribution in [3.05, 3.63) is 58.3 Å². The van der Waals surface area contributed by atoms with Gasteiger partial charge in [-0.2, -0.15) is 9.78 Å². The third kappa shape index (κ3) is 3.13. The Morgan fingerprint density at radius 2 is 2.04 bits per heavy atom. The predicted octanol–water partition coefficient (Wildman–Crippen LogP) is 0.345. The fourth-order valence-corrected chi connectivity index (χ4v) is 2.50. The average molecular weight is 347 g/mol. The molecular weight excluding hydrogens is 333 g/mol. The molecule has 1 atom stereocenters. The normalized spacial score (nSPS) is 19.6. The largest absolute Gasteiger partial charge is 0.479 e. The Balaban J connectivity index is 1.95. The number of benzene rings is 1. The Labute approximate surface area is 140 Å². The number of carbonyl (C=O) groups is 2. The lowest BCUT2D eigenvalue weighted by atomic mass is 9.99. The maximum atomic E-state index is 13.9. The SMILES string of the molecule is O=C(NC1(C(=O)O)CCOC1)c1ccc(=O)n(-c2ccccc2F)n1. The van der Waals surface area contributed by atoms with Crippen molar-refractivity contribution in [3.63, 3.8) is 0 Å². The van der Waals surface area contributed by atoms with Gasteiger partial charge >= 0.3 is 5.97 Å². The van der Waals surface area contributed by atoms with Gasteiger partial charge in [0.1, 0.15) is 17.2 Å². The minimum Gasteiger partial charge on any atom is -0.479 e. The van der Waals surface area contributed by atoms with E-state index in [4.69, 9.17) is 4.74 Å². The van der Waals surface area contributed by atoms with Gasteiger partial charge in [0.2, 0.25) is 0 Å². The smallest absolute Gasteiger partial charge is 0.331 e. The number of aliphatic carboxylic acids is 1. The molecule has 1 aromatic heterocycles. The first-order chi connectivity index (χ1) is 11.9. The Kier molecular flexibility index (Phi) is 4.32. The lowest BCUT2D eigenvalue weighted by molar-refractivity contribution is -0.144. The first kappa shape index (κ1) is 16.8. The van der Waals surface area contributed by atoms with E-state index in [0.717, 1.165) is 22.9 Å². The zero-order chi connectivity index (χ0) is 18.0. The van der Waals surface area contributed by atoms with E-state index in [0.29, 0.717) is 0 Å². The van der Waals surface area contributed by atoms with E-state index in [9.17, 15) is 23.9 Å². The van der Waals surface area contributed by atoms with Crippen LogP contribution in [0.5, 0.6) is 0 Å². The minimum atomic E-state index is -1.54. The van der Waals surface area contributed by atoms with Crippen molar-refractivity contribution in [2.24, 2.45) is 0 Å². The van der Waals surface area contributed by atoms with Crippen LogP contribution in [0.25, 0.3) is 5.69 Å². The number of carbonyl (C=O) groups excluding carboxylic acids is 1. The summed E-state index contributed by atoms with van der Waals surface area (Å²) >= 11 is 0. The second kappa shape index (κ2) is 6.44. The number of nitrogens with zero attached hydrogens (tertiary/aromatic N) is 2. The number of ether oxygens (including phenoxy) is 1. The second-order valence-corrected chi connectivity index (χ2v) is 5.56. The quantitative estimate of drug-likeness (QED) is 0.825. The molecule has 1 fully saturated rings. The predicted molar refractivity (Wildman–Crippen MR) is 83.1 cm³/mol. The molecule has 3 rings (SSSR count). The van der Waals surface area contributed by atoms with Gasteiger partial charge in [-0.15, -0.1) is 0 Å². The Hall–Kier alpha value is -3.07. The Bertz CT molecular complexity index is 889. The summed E-state index contributed by atoms with van der Waals surface area (Å²) in [6.45, 7) is 0.0375. The van der Waals surface area contributed by atoms with Gasteiger partial charge in [-0.1, -0.05) is 12.1 Å². The Morgan fingerprint density at radius 1 is 1.28 bits per heavy atom. The van der Waals surface area contributed by atoms with Crippen molar-refractivity contribution in [2.45, 2.75) is 12.0 Å². The number of hydrogen-bond acceptors (Lipinski definition) is 5. The van der Waals surface area contributed by atoms with Crippen LogP contribution in [-0.2, 0) is 9.53 Å². The molecule has 9 heteroatoms. The number of hydrogen-bond donors (Lipinski definition) is 2. The van der Waals surface area contributed by atoms with E-state index in [1.54, 1.807) is 0 Å². The highest BCUT2D eigenvalue weighted by atomic mass is 19.1. The van der Waals surface area contributed by atoms with Gasteiger partial charge in [-0.3, -0.25) is 9.59 Å². The van der Waals surface area contributed by atoms with Crippen LogP contribution in [0.2, 0.25) is 0 Å². The topological polar surface area (TPSA) is 111 Å². The number of halogens is 1. The third-order valence-corrected chi connectivity index (χ3v) is 3.90. The fraction of sp³-hybridized carbons (Fsp3) is 0.250. The van der Waals surface area contributed by atoms with Gasteiger partial charge in [0.15, 0.2) is 5.54 Å². The minimum absolute atomic E-state index is 0.112. The molecule has 1 aromatic carbocycles. The number of rotatable bonds is 4. The van der Waals surface area contributed by atoms with Crippen LogP contribution in [0.4, 0.5) is 4.39 Å². The van der Waals surface area contributed by atoms with Gasteiger partial charge in [-0.05, 0) is 18.2 Å². The van der Waals surface area contributed by atoms with E-state index in [2.05, 4.69) is 10.4 Å². The van der Waals surface area contributed by atoms with Crippen LogP contribution in [0.15, 0.2) is 41.2 Å². The lowest BCUT2D eigenvalue weighted by Gasteiger charge is -2.23. The maximum absolute atomic E-state index is 13.9. The van der Waals surface area contributed by atoms with Crippen molar-refractivity contribution in [1.82, 2.24) is 15.1 Å². The molecule has 1 saturated heterocycles. The summed E-state index contributed by atoms with van der Waals surface area (Å²) in [5.41, 5.74) is -2.49. The first-order valence-electron chi connectivity index (χ1n) is 7.42. The van der Waals surface area contributed by atoms with Crippen molar-refractivity contribution in [1.29, 1.82) is 0 Å². The van der Waals surface area contributed by atoms with E-state index in [1.807, 2.05) is 0 Å². The highest BCUT2D eigenvalue weighted by Crippen LogP contribution is 2.19. The number of para-hydroxylation sites is 1. The molecule has 0 aliphatic carbocycles. The molecule has 0 radical (unpaired) electrons. The van der Waals surface area contributed by atoms with Crippen molar-refractivity contribution in [3.8, 4) is 5.69 Å². The molecule has 1 aliphatic heterocycles. The van der Waals surface area contributed by atoms with Gasteiger partial charge in [-0.25, -0.2) is 9.18 Å². The molecular formula is C16H14FN3O5. The van der Waals surface area contributed by atoms with Crippen LogP contribution in [-0.4, -0.2) is 45.5 Å². The molecule has 1 aliphatic rings. The third-order valence-electron chi connectivity index (χ3n) is 3.90. The van der Waals surface area contributed by atoms with Crippen molar-refractivity contribution in [2.75, 3.05) is 13.2 Å². The fourth-order valence-electron chi connectivity index (χ4n) is 2.50. The van der Waals surface area contributed by atoms with Crippen LogP contribution in [0.1, 0.15) is 16.9 Å². The van der Waals surface area contributed by atoms with Crippen molar-refractivity contribution < 1.29 is 23.8 Å². The summed E-state index contributed by atoms with van der Waals surface area (Å²) in [6, 6.07) is 7.69. The monoisotopic (exact) mass is 347 g/mol. The number of carboxylic acid groups (broad SMARTS) is 1. The molecule has 2 N–H and O–H groups in total. The summed E-state index contributed by atoms with van der Waals surface area (Å²) in [4.78, 5) is 35.8. The van der Waals surface area contributed by atoms with Gasteiger partial charge in [0.05, 0.1) is 6.61 Å². The molecule has 2 aromatic rings. The molecule has 1 unspecified atom stereocenters. The van der Waals surface area contributed by atoms with Gasteiger partial charge < -0.3 is 15.2 Å². The zero-order valence-electron chi connectivity index (χ0n) is 12.9. The summed E-state index contributed by atoms with van der Waals surface area (Å²) in [6.07, 6.45) is 0.112. The second-order valence-electron chi connectivity index (χ2n) is 5.56. The molecule has 0 spiro atoms. The Morgan fingerprint density at radius 3 is 2.68 bits per heavy atom. The summed E-state index contributed by atoms with van der Waals surface area (Å²) < 4.78 is 19.7.